The van der Waals surface area contributed by atoms with E-state index in [1.54, 1.807) is 0 Å². The van der Waals surface area contributed by atoms with Crippen molar-refractivity contribution in [1.29, 1.82) is 0 Å². The monoisotopic (exact) mass is 169 g/mol. The van der Waals surface area contributed by atoms with E-state index >= 15 is 0 Å². The van der Waals surface area contributed by atoms with Crippen LogP contribution < -0.4 is 5.32 Å². The lowest BCUT2D eigenvalue weighted by Crippen LogP contribution is -2.51. The highest BCUT2D eigenvalue weighted by Gasteiger charge is 2.52. The molecule has 0 amide bonds. The van der Waals surface area contributed by atoms with Gasteiger partial charge in [0.2, 0.25) is 0 Å². The molecule has 0 saturated heterocycles. The minimum Gasteiger partial charge on any atom is -0.306 e. The van der Waals surface area contributed by atoms with Crippen molar-refractivity contribution in [2.45, 2.75) is 65.5 Å². The Balaban J connectivity index is 2.63. The number of rotatable bonds is 1. The molecule has 1 rings (SSSR count). The van der Waals surface area contributed by atoms with Crippen molar-refractivity contribution in [2.24, 2.45) is 5.41 Å². The largest absolute Gasteiger partial charge is 0.306 e. The van der Waals surface area contributed by atoms with E-state index in [1.807, 2.05) is 0 Å². The van der Waals surface area contributed by atoms with Crippen molar-refractivity contribution in [3.8, 4) is 0 Å². The first-order valence-electron chi connectivity index (χ1n) is 4.96. The minimum absolute atomic E-state index is 0.254. The summed E-state index contributed by atoms with van der Waals surface area (Å²) in [6, 6.07) is 0. The summed E-state index contributed by atoms with van der Waals surface area (Å²) in [5, 5.41) is 3.75. The first kappa shape index (κ1) is 10.0. The van der Waals surface area contributed by atoms with E-state index < -0.39 is 0 Å². The van der Waals surface area contributed by atoms with E-state index in [9.17, 15) is 0 Å². The fourth-order valence-electron chi connectivity index (χ4n) is 1.91. The predicted octanol–water partition coefficient (Wildman–Crippen LogP) is 2.95. The second kappa shape index (κ2) is 2.47. The number of hydrogen-bond donors (Lipinski definition) is 1. The Bertz CT molecular complexity index is 164. The molecule has 0 radical (unpaired) electrons. The summed E-state index contributed by atoms with van der Waals surface area (Å²) < 4.78 is 0. The van der Waals surface area contributed by atoms with E-state index in [1.165, 1.54) is 12.8 Å². The van der Waals surface area contributed by atoms with Crippen LogP contribution in [0.3, 0.4) is 0 Å². The smallest absolute Gasteiger partial charge is 0.0236 e. The van der Waals surface area contributed by atoms with Crippen LogP contribution in [0, 0.1) is 5.41 Å². The molecule has 12 heavy (non-hydrogen) atoms. The zero-order valence-electron chi connectivity index (χ0n) is 9.41. The molecule has 1 saturated carbocycles. The van der Waals surface area contributed by atoms with Gasteiger partial charge in [-0.2, -0.15) is 0 Å². The van der Waals surface area contributed by atoms with Crippen molar-refractivity contribution in [3.05, 3.63) is 0 Å². The van der Waals surface area contributed by atoms with Gasteiger partial charge in [-0.05, 0) is 39.0 Å². The first-order chi connectivity index (χ1) is 5.16. The van der Waals surface area contributed by atoms with Crippen LogP contribution in [-0.4, -0.2) is 11.1 Å². The molecule has 0 aromatic heterocycles. The lowest BCUT2D eigenvalue weighted by atomic mass is 9.82. The van der Waals surface area contributed by atoms with Crippen LogP contribution in [0.1, 0.15) is 54.4 Å². The van der Waals surface area contributed by atoms with Gasteiger partial charge in [0.25, 0.3) is 0 Å². The van der Waals surface area contributed by atoms with Gasteiger partial charge in [-0.15, -0.1) is 0 Å². The maximum Gasteiger partial charge on any atom is 0.0236 e. The Labute approximate surface area is 76.9 Å². The molecule has 0 heterocycles. The summed E-state index contributed by atoms with van der Waals surface area (Å²) in [7, 11) is 0. The lowest BCUT2D eigenvalue weighted by molar-refractivity contribution is 0.199. The SMILES string of the molecule is CC(C)(C)NC1(C(C)(C)C)CC1. The quantitative estimate of drug-likeness (QED) is 0.636. The van der Waals surface area contributed by atoms with Gasteiger partial charge < -0.3 is 5.32 Å². The maximum absolute atomic E-state index is 3.75. The normalized spacial score (nSPS) is 22.5. The molecule has 0 aromatic carbocycles. The summed E-state index contributed by atoms with van der Waals surface area (Å²) >= 11 is 0. The summed E-state index contributed by atoms with van der Waals surface area (Å²) in [6.07, 6.45) is 2.68. The standard InChI is InChI=1S/C11H23N/c1-9(2,3)11(7-8-11)12-10(4,5)6/h12H,7-8H2,1-6H3. The summed E-state index contributed by atoms with van der Waals surface area (Å²) in [6.45, 7) is 13.7. The zero-order valence-corrected chi connectivity index (χ0v) is 9.41. The highest BCUT2D eigenvalue weighted by Crippen LogP contribution is 2.50. The molecule has 0 aromatic rings. The van der Waals surface area contributed by atoms with Crippen LogP contribution in [0.4, 0.5) is 0 Å². The Morgan fingerprint density at radius 3 is 1.42 bits per heavy atom. The molecule has 1 aliphatic carbocycles. The zero-order chi connectivity index (χ0) is 9.62. The second-order valence-corrected chi connectivity index (χ2v) is 6.21. The molecular weight excluding hydrogens is 146 g/mol. The second-order valence-electron chi connectivity index (χ2n) is 6.21. The van der Waals surface area contributed by atoms with Gasteiger partial charge in [0.1, 0.15) is 0 Å². The molecule has 0 unspecified atom stereocenters. The van der Waals surface area contributed by atoms with Gasteiger partial charge in [0.15, 0.2) is 0 Å². The molecule has 0 spiro atoms. The number of nitrogens with one attached hydrogen (secondary N) is 1. The Hall–Kier alpha value is -0.0400. The van der Waals surface area contributed by atoms with E-state index in [-0.39, 0.29) is 5.54 Å². The molecule has 1 aliphatic rings. The Morgan fingerprint density at radius 2 is 1.33 bits per heavy atom. The van der Waals surface area contributed by atoms with Crippen LogP contribution in [-0.2, 0) is 0 Å². The van der Waals surface area contributed by atoms with Crippen molar-refractivity contribution >= 4 is 0 Å². The van der Waals surface area contributed by atoms with Crippen LogP contribution in [0.2, 0.25) is 0 Å². The average molecular weight is 169 g/mol. The Kier molecular flexibility index (Phi) is 2.07. The minimum atomic E-state index is 0.254. The van der Waals surface area contributed by atoms with Crippen molar-refractivity contribution < 1.29 is 0 Å². The third-order valence-corrected chi connectivity index (χ3v) is 2.80. The van der Waals surface area contributed by atoms with Gasteiger partial charge in [0.05, 0.1) is 0 Å². The predicted molar refractivity (Wildman–Crippen MR) is 54.3 cm³/mol. The number of hydrogen-bond acceptors (Lipinski definition) is 1. The molecule has 1 nitrogen and oxygen atoms in total. The van der Waals surface area contributed by atoms with Gasteiger partial charge in [0, 0.05) is 11.1 Å². The summed E-state index contributed by atoms with van der Waals surface area (Å²) in [5.74, 6) is 0. The van der Waals surface area contributed by atoms with Crippen molar-refractivity contribution in [1.82, 2.24) is 5.32 Å². The van der Waals surface area contributed by atoms with E-state index in [4.69, 9.17) is 0 Å². The fraction of sp³-hybridized carbons (Fsp3) is 1.00. The lowest BCUT2D eigenvalue weighted by Gasteiger charge is -2.38. The molecule has 1 heteroatoms. The third kappa shape index (κ3) is 2.01. The molecule has 1 fully saturated rings. The van der Waals surface area contributed by atoms with Gasteiger partial charge in [-0.25, -0.2) is 0 Å². The molecular formula is C11H23N. The highest BCUT2D eigenvalue weighted by atomic mass is 15.1. The van der Waals surface area contributed by atoms with Crippen molar-refractivity contribution in [2.75, 3.05) is 0 Å². The van der Waals surface area contributed by atoms with Crippen molar-refractivity contribution in [3.63, 3.8) is 0 Å². The molecule has 1 N–H and O–H groups in total. The summed E-state index contributed by atoms with van der Waals surface area (Å²) in [5.41, 5.74) is 1.08. The van der Waals surface area contributed by atoms with E-state index in [2.05, 4.69) is 46.9 Å². The highest BCUT2D eigenvalue weighted by molar-refractivity contribution is 5.11. The van der Waals surface area contributed by atoms with Crippen LogP contribution in [0.15, 0.2) is 0 Å². The van der Waals surface area contributed by atoms with Gasteiger partial charge in [-0.3, -0.25) is 0 Å². The third-order valence-electron chi connectivity index (χ3n) is 2.80. The fourth-order valence-corrected chi connectivity index (χ4v) is 1.91. The first-order valence-corrected chi connectivity index (χ1v) is 4.96. The van der Waals surface area contributed by atoms with E-state index in [0.717, 1.165) is 0 Å². The Morgan fingerprint density at radius 1 is 0.917 bits per heavy atom. The van der Waals surface area contributed by atoms with Crippen LogP contribution >= 0.6 is 0 Å². The van der Waals surface area contributed by atoms with Gasteiger partial charge in [-0.1, -0.05) is 20.8 Å². The molecule has 0 bridgehead atoms. The van der Waals surface area contributed by atoms with E-state index in [0.29, 0.717) is 11.0 Å². The average Bonchev–Trinajstić information content (AvgIpc) is 2.39. The summed E-state index contributed by atoms with van der Waals surface area (Å²) in [4.78, 5) is 0. The van der Waals surface area contributed by atoms with Crippen LogP contribution in [0.25, 0.3) is 0 Å². The molecule has 0 atom stereocenters. The maximum atomic E-state index is 3.75. The topological polar surface area (TPSA) is 12.0 Å². The molecule has 72 valence electrons. The van der Waals surface area contributed by atoms with Gasteiger partial charge >= 0.3 is 0 Å². The van der Waals surface area contributed by atoms with Crippen LogP contribution in [0.5, 0.6) is 0 Å². The molecule has 0 aliphatic heterocycles.